The van der Waals surface area contributed by atoms with Gasteiger partial charge in [-0.25, -0.2) is 18.7 Å². The van der Waals surface area contributed by atoms with E-state index in [0.29, 0.717) is 49.7 Å². The molecule has 0 saturated carbocycles. The van der Waals surface area contributed by atoms with E-state index in [1.165, 1.54) is 6.33 Å². The van der Waals surface area contributed by atoms with Crippen molar-refractivity contribution in [3.63, 3.8) is 0 Å². The second kappa shape index (κ2) is 15.2. The average Bonchev–Trinajstić information content (AvgIpc) is 2.83. The number of rotatable bonds is 8. The van der Waals surface area contributed by atoms with Crippen LogP contribution in [0.1, 0.15) is 68.3 Å². The Labute approximate surface area is 221 Å². The Bertz CT molecular complexity index is 1070. The maximum atomic E-state index is 12.0. The van der Waals surface area contributed by atoms with E-state index >= 15 is 0 Å². The van der Waals surface area contributed by atoms with Crippen LogP contribution in [0.5, 0.6) is 5.75 Å². The van der Waals surface area contributed by atoms with E-state index in [2.05, 4.69) is 15.3 Å². The zero-order valence-corrected chi connectivity index (χ0v) is 22.8. The number of nitrogens with one attached hydrogen (secondary N) is 2. The van der Waals surface area contributed by atoms with Crippen molar-refractivity contribution < 1.29 is 22.7 Å². The molecule has 8 nitrogen and oxygen atoms in total. The fraction of sp³-hybridized carbons (Fsp3) is 0.520. The van der Waals surface area contributed by atoms with Crippen LogP contribution < -0.4 is 15.8 Å². The van der Waals surface area contributed by atoms with Crippen molar-refractivity contribution in [3.8, 4) is 5.75 Å². The number of likely N-dealkylation sites (tertiary alicyclic amines) is 1. The van der Waals surface area contributed by atoms with Gasteiger partial charge in [-0.15, -0.1) is 0 Å². The maximum absolute atomic E-state index is 12.0. The summed E-state index contributed by atoms with van der Waals surface area (Å²) >= 11 is 6.65. The van der Waals surface area contributed by atoms with Gasteiger partial charge in [-0.2, -0.15) is 0 Å². The first-order chi connectivity index (χ1) is 17.6. The van der Waals surface area contributed by atoms with Crippen LogP contribution >= 0.6 is 11.6 Å². The second-order valence-electron chi connectivity index (χ2n) is 8.17. The average molecular weight is 545 g/mol. The Morgan fingerprint density at radius 1 is 1.32 bits per heavy atom. The Kier molecular flexibility index (Phi) is 13.2. The van der Waals surface area contributed by atoms with Gasteiger partial charge in [0.05, 0.1) is 25.4 Å². The van der Waals surface area contributed by atoms with Crippen LogP contribution in [0.3, 0.4) is 0 Å². The van der Waals surface area contributed by atoms with Gasteiger partial charge in [-0.3, -0.25) is 9.18 Å². The molecule has 12 heteroatoms. The molecule has 1 amide bonds. The lowest BCUT2D eigenvalue weighted by atomic mass is 9.85. The van der Waals surface area contributed by atoms with Crippen molar-refractivity contribution in [2.24, 2.45) is 0 Å². The Balaban J connectivity index is 0.00000127. The van der Waals surface area contributed by atoms with E-state index < -0.39 is 6.93 Å². The van der Waals surface area contributed by atoms with Crippen molar-refractivity contribution in [1.82, 2.24) is 14.9 Å². The molecule has 1 aliphatic heterocycles. The topological polar surface area (TPSA) is 117 Å². The third kappa shape index (κ3) is 7.70. The number of aromatic nitrogens is 2. The smallest absolute Gasteiger partial charge is 0.229 e. The molecule has 2 aromatic rings. The summed E-state index contributed by atoms with van der Waals surface area (Å²) in [6, 6.07) is 1.69. The first kappa shape index (κ1) is 31.9. The van der Waals surface area contributed by atoms with Gasteiger partial charge in [0.15, 0.2) is 0 Å². The Morgan fingerprint density at radius 2 is 1.92 bits per heavy atom. The summed E-state index contributed by atoms with van der Waals surface area (Å²) in [7, 11) is 0.500. The lowest BCUT2D eigenvalue weighted by molar-refractivity contribution is -0.135. The van der Waals surface area contributed by atoms with E-state index in [1.807, 2.05) is 38.7 Å². The molecule has 3 rings (SSSR count). The highest BCUT2D eigenvalue weighted by Crippen LogP contribution is 2.44. The van der Waals surface area contributed by atoms with Crippen LogP contribution in [0.25, 0.3) is 0 Å². The molecule has 0 spiro atoms. The molecule has 4 N–H and O–H groups in total. The van der Waals surface area contributed by atoms with Gasteiger partial charge in [-0.05, 0) is 39.3 Å². The number of hydrogen-bond acceptors (Lipinski definition) is 7. The number of carbonyl (C=O) groups is 1. The van der Waals surface area contributed by atoms with E-state index in [0.717, 1.165) is 22.4 Å². The van der Waals surface area contributed by atoms with Gasteiger partial charge < -0.3 is 26.1 Å². The summed E-state index contributed by atoms with van der Waals surface area (Å²) in [5, 5.41) is 12.1. The molecule has 1 atom stereocenters. The molecule has 37 heavy (non-hydrogen) atoms. The highest BCUT2D eigenvalue weighted by atomic mass is 35.5. The number of halogens is 4. The van der Waals surface area contributed by atoms with Crippen molar-refractivity contribution in [3.05, 3.63) is 39.7 Å². The van der Waals surface area contributed by atoms with Crippen LogP contribution in [0.2, 0.25) is 5.02 Å². The number of nitrogens with zero attached hydrogens (tertiary/aromatic N) is 3. The zero-order valence-electron chi connectivity index (χ0n) is 22.1. The van der Waals surface area contributed by atoms with Crippen LogP contribution in [0.4, 0.5) is 24.8 Å². The molecule has 206 valence electrons. The second-order valence-corrected chi connectivity index (χ2v) is 8.58. The number of ether oxygens (including phenoxy) is 1. The van der Waals surface area contributed by atoms with Crippen molar-refractivity contribution >= 4 is 34.9 Å². The van der Waals surface area contributed by atoms with Crippen molar-refractivity contribution in [2.75, 3.05) is 44.9 Å². The van der Waals surface area contributed by atoms with Crippen LogP contribution in [-0.4, -0.2) is 60.3 Å². The van der Waals surface area contributed by atoms with Gasteiger partial charge in [-0.1, -0.05) is 18.5 Å². The van der Waals surface area contributed by atoms with Gasteiger partial charge >= 0.3 is 0 Å². The molecule has 1 aromatic heterocycles. The fourth-order valence-electron chi connectivity index (χ4n) is 4.13. The molecule has 1 saturated heterocycles. The first-order valence-electron chi connectivity index (χ1n) is 11.8. The minimum atomic E-state index is -1.75. The SMILES string of the molecule is CCOc1c(C(C)Nc2ncnc(N)c2C(C)=N)cc(Cl)c(C)c1C1CN(C(=O)CC)C1.CF.FCF. The summed E-state index contributed by atoms with van der Waals surface area (Å²) in [6.45, 7) is 9.53. The molecule has 1 unspecified atom stereocenters. The fourth-order valence-corrected chi connectivity index (χ4v) is 4.35. The summed E-state index contributed by atoms with van der Waals surface area (Å²) in [4.78, 5) is 22.2. The van der Waals surface area contributed by atoms with E-state index in [9.17, 15) is 18.0 Å². The summed E-state index contributed by atoms with van der Waals surface area (Å²) in [6.07, 6.45) is 1.88. The van der Waals surface area contributed by atoms with Crippen LogP contribution in [0.15, 0.2) is 12.4 Å². The van der Waals surface area contributed by atoms with E-state index in [4.69, 9.17) is 27.5 Å². The lowest BCUT2D eigenvalue weighted by Crippen LogP contribution is -2.48. The minimum Gasteiger partial charge on any atom is -0.493 e. The molecular weight excluding hydrogens is 509 g/mol. The number of amides is 1. The molecule has 0 aliphatic carbocycles. The predicted octanol–water partition coefficient (Wildman–Crippen LogP) is 5.78. The third-order valence-corrected chi connectivity index (χ3v) is 6.25. The monoisotopic (exact) mass is 544 g/mol. The molecule has 2 heterocycles. The third-order valence-electron chi connectivity index (χ3n) is 5.86. The van der Waals surface area contributed by atoms with Crippen molar-refractivity contribution in [1.29, 1.82) is 5.41 Å². The highest BCUT2D eigenvalue weighted by Gasteiger charge is 2.35. The number of hydrogen-bond donors (Lipinski definition) is 3. The normalized spacial score (nSPS) is 13.3. The van der Waals surface area contributed by atoms with Gasteiger partial charge in [0.2, 0.25) is 12.8 Å². The highest BCUT2D eigenvalue weighted by molar-refractivity contribution is 6.31. The van der Waals surface area contributed by atoms with E-state index in [1.54, 1.807) is 6.92 Å². The molecule has 0 radical (unpaired) electrons. The van der Waals surface area contributed by atoms with Gasteiger partial charge in [0, 0.05) is 47.3 Å². The number of nitrogen functional groups attached to an aromatic ring is 1. The molecule has 1 fully saturated rings. The first-order valence-corrected chi connectivity index (χ1v) is 12.1. The summed E-state index contributed by atoms with van der Waals surface area (Å²) in [5.74, 6) is 1.86. The number of alkyl halides is 3. The number of benzene rings is 1. The van der Waals surface area contributed by atoms with Crippen LogP contribution in [0, 0.1) is 12.3 Å². The lowest BCUT2D eigenvalue weighted by Gasteiger charge is -2.41. The molecular formula is C25H36ClF3N6O2. The van der Waals surface area contributed by atoms with E-state index in [-0.39, 0.29) is 29.4 Å². The van der Waals surface area contributed by atoms with Gasteiger partial charge in [0.25, 0.3) is 0 Å². The van der Waals surface area contributed by atoms with Crippen LogP contribution in [-0.2, 0) is 4.79 Å². The quantitative estimate of drug-likeness (QED) is 0.362. The maximum Gasteiger partial charge on any atom is 0.229 e. The van der Waals surface area contributed by atoms with Gasteiger partial charge in [0.1, 0.15) is 23.7 Å². The molecule has 0 bridgehead atoms. The van der Waals surface area contributed by atoms with Crippen molar-refractivity contribution in [2.45, 2.75) is 53.0 Å². The standard InChI is InChI=1S/C23H31ClN6O2.CH2F2.CH3F/c1-6-18(31)30-9-15(10-30)19-12(3)17(24)8-16(21(19)32-7-2)14(5)29-23-20(13(4)25)22(26)27-11-28-23;2-1-3;1-2/h8,11,14-15,25H,6-7,9-10H2,1-5H3,(H3,26,27,28,29);1H2;1H3. The predicted molar refractivity (Wildman–Crippen MR) is 142 cm³/mol. The largest absolute Gasteiger partial charge is 0.493 e. The number of nitrogens with two attached hydrogens (primary N) is 1. The molecule has 1 aliphatic rings. The summed E-state index contributed by atoms with van der Waals surface area (Å²) in [5.41, 5.74) is 9.66. The Morgan fingerprint density at radius 3 is 2.43 bits per heavy atom. The minimum absolute atomic E-state index is 0.157. The zero-order chi connectivity index (χ0) is 28.3. The number of carbonyl (C=O) groups excluding carboxylic acids is 1. The molecule has 1 aromatic carbocycles. The summed E-state index contributed by atoms with van der Waals surface area (Å²) < 4.78 is 34.9. The Hall–Kier alpha value is -3.08. The number of anilines is 2.